The Morgan fingerprint density at radius 1 is 1.54 bits per heavy atom. The van der Waals surface area contributed by atoms with Gasteiger partial charge in [-0.05, 0) is 6.92 Å². The summed E-state index contributed by atoms with van der Waals surface area (Å²) in [5.41, 5.74) is 1.23. The minimum absolute atomic E-state index is 0.0113. The fourth-order valence-electron chi connectivity index (χ4n) is 0.810. The van der Waals surface area contributed by atoms with E-state index in [0.29, 0.717) is 5.69 Å². The Labute approximate surface area is 75.1 Å². The molecule has 0 spiro atoms. The van der Waals surface area contributed by atoms with Gasteiger partial charge in [-0.3, -0.25) is 9.97 Å². The van der Waals surface area contributed by atoms with Crippen LogP contribution >= 0.6 is 0 Å². The molecule has 0 aliphatic carbocycles. The van der Waals surface area contributed by atoms with E-state index in [1.54, 1.807) is 6.92 Å². The number of carboxylic acid groups (broad SMARTS) is 1. The molecule has 5 nitrogen and oxygen atoms in total. The van der Waals surface area contributed by atoms with E-state index < -0.39 is 12.1 Å². The van der Waals surface area contributed by atoms with Crippen LogP contribution < -0.4 is 0 Å². The summed E-state index contributed by atoms with van der Waals surface area (Å²) in [5.74, 6) is -1.25. The Bertz CT molecular complexity index is 297. The van der Waals surface area contributed by atoms with Gasteiger partial charge in [0.1, 0.15) is 0 Å². The van der Waals surface area contributed by atoms with Crippen molar-refractivity contribution in [2.45, 2.75) is 19.4 Å². The van der Waals surface area contributed by atoms with Crippen LogP contribution in [0.15, 0.2) is 12.4 Å². The number of aryl methyl sites for hydroxylation is 1. The smallest absolute Gasteiger partial charge is 0.332 e. The van der Waals surface area contributed by atoms with Crippen LogP contribution in [0, 0.1) is 6.92 Å². The number of aliphatic hydroxyl groups is 1. The highest BCUT2D eigenvalue weighted by Crippen LogP contribution is 1.99. The summed E-state index contributed by atoms with van der Waals surface area (Å²) < 4.78 is 0. The van der Waals surface area contributed by atoms with Crippen molar-refractivity contribution < 1.29 is 15.0 Å². The standard InChI is InChI=1S/C8H10N2O3/c1-5-3-10-6(4-9-5)2-7(11)8(12)13/h3-4,7,11H,2H2,1H3,(H,12,13). The molecule has 0 aliphatic heterocycles. The summed E-state index contributed by atoms with van der Waals surface area (Å²) in [5, 5.41) is 17.4. The van der Waals surface area contributed by atoms with Gasteiger partial charge in [-0.15, -0.1) is 0 Å². The second-order valence-electron chi connectivity index (χ2n) is 2.71. The molecule has 0 aromatic carbocycles. The fourth-order valence-corrected chi connectivity index (χ4v) is 0.810. The lowest BCUT2D eigenvalue weighted by Gasteiger charge is -2.03. The zero-order valence-corrected chi connectivity index (χ0v) is 7.14. The monoisotopic (exact) mass is 182 g/mol. The molecule has 0 bridgehead atoms. The van der Waals surface area contributed by atoms with E-state index in [1.807, 2.05) is 0 Å². The molecule has 1 unspecified atom stereocenters. The van der Waals surface area contributed by atoms with Crippen molar-refractivity contribution in [1.29, 1.82) is 0 Å². The minimum atomic E-state index is -1.41. The minimum Gasteiger partial charge on any atom is -0.479 e. The molecule has 0 radical (unpaired) electrons. The third kappa shape index (κ3) is 2.79. The molecule has 13 heavy (non-hydrogen) atoms. The largest absolute Gasteiger partial charge is 0.479 e. The molecule has 0 saturated carbocycles. The lowest BCUT2D eigenvalue weighted by atomic mass is 10.2. The highest BCUT2D eigenvalue weighted by Gasteiger charge is 2.14. The zero-order chi connectivity index (χ0) is 9.84. The first-order chi connectivity index (χ1) is 6.09. The molecule has 1 rings (SSSR count). The number of carbonyl (C=O) groups is 1. The van der Waals surface area contributed by atoms with Gasteiger partial charge < -0.3 is 10.2 Å². The van der Waals surface area contributed by atoms with E-state index in [0.717, 1.165) is 5.69 Å². The summed E-state index contributed by atoms with van der Waals surface area (Å²) in [7, 11) is 0. The van der Waals surface area contributed by atoms with E-state index in [9.17, 15) is 4.79 Å². The van der Waals surface area contributed by atoms with Crippen molar-refractivity contribution in [3.63, 3.8) is 0 Å². The van der Waals surface area contributed by atoms with Crippen LogP contribution in [0.2, 0.25) is 0 Å². The first-order valence-corrected chi connectivity index (χ1v) is 3.78. The van der Waals surface area contributed by atoms with E-state index in [4.69, 9.17) is 10.2 Å². The lowest BCUT2D eigenvalue weighted by molar-refractivity contribution is -0.146. The normalized spacial score (nSPS) is 12.5. The maximum absolute atomic E-state index is 10.3. The number of hydrogen-bond donors (Lipinski definition) is 2. The maximum Gasteiger partial charge on any atom is 0.332 e. The molecule has 1 heterocycles. The van der Waals surface area contributed by atoms with Gasteiger partial charge in [-0.1, -0.05) is 0 Å². The van der Waals surface area contributed by atoms with E-state index in [1.165, 1.54) is 12.4 Å². The van der Waals surface area contributed by atoms with Crippen LogP contribution in [0.4, 0.5) is 0 Å². The van der Waals surface area contributed by atoms with Gasteiger partial charge >= 0.3 is 5.97 Å². The molecular weight excluding hydrogens is 172 g/mol. The molecular formula is C8H10N2O3. The average molecular weight is 182 g/mol. The molecule has 1 aromatic heterocycles. The van der Waals surface area contributed by atoms with Crippen LogP contribution in [0.5, 0.6) is 0 Å². The van der Waals surface area contributed by atoms with Gasteiger partial charge in [0.15, 0.2) is 6.10 Å². The maximum atomic E-state index is 10.3. The summed E-state index contributed by atoms with van der Waals surface area (Å²) in [6, 6.07) is 0. The lowest BCUT2D eigenvalue weighted by Crippen LogP contribution is -2.22. The second-order valence-corrected chi connectivity index (χ2v) is 2.71. The Hall–Kier alpha value is -1.49. The number of aliphatic carboxylic acids is 1. The summed E-state index contributed by atoms with van der Waals surface area (Å²) in [6.45, 7) is 1.78. The van der Waals surface area contributed by atoms with Gasteiger partial charge in [0.25, 0.3) is 0 Å². The molecule has 2 N–H and O–H groups in total. The summed E-state index contributed by atoms with van der Waals surface area (Å²) >= 11 is 0. The highest BCUT2D eigenvalue weighted by molar-refractivity contribution is 5.72. The van der Waals surface area contributed by atoms with Crippen LogP contribution in [0.3, 0.4) is 0 Å². The Morgan fingerprint density at radius 2 is 2.23 bits per heavy atom. The number of carboxylic acids is 1. The van der Waals surface area contributed by atoms with Crippen LogP contribution in [-0.2, 0) is 11.2 Å². The summed E-state index contributed by atoms with van der Waals surface area (Å²) in [6.07, 6.45) is 1.57. The van der Waals surface area contributed by atoms with Crippen molar-refractivity contribution in [3.05, 3.63) is 23.8 Å². The first kappa shape index (κ1) is 9.60. The highest BCUT2D eigenvalue weighted by atomic mass is 16.4. The van der Waals surface area contributed by atoms with Gasteiger partial charge in [-0.2, -0.15) is 0 Å². The fraction of sp³-hybridized carbons (Fsp3) is 0.375. The molecule has 0 saturated heterocycles. The SMILES string of the molecule is Cc1cnc(CC(O)C(=O)O)cn1. The predicted octanol–water partition coefficient (Wildman–Crippen LogP) is -0.227. The molecule has 0 aliphatic rings. The van der Waals surface area contributed by atoms with Crippen molar-refractivity contribution in [3.8, 4) is 0 Å². The van der Waals surface area contributed by atoms with Crippen molar-refractivity contribution in [1.82, 2.24) is 9.97 Å². The van der Waals surface area contributed by atoms with Gasteiger partial charge in [0, 0.05) is 18.8 Å². The molecule has 1 atom stereocenters. The topological polar surface area (TPSA) is 83.3 Å². The number of aliphatic hydroxyl groups excluding tert-OH is 1. The molecule has 5 heteroatoms. The average Bonchev–Trinajstić information content (AvgIpc) is 2.08. The van der Waals surface area contributed by atoms with Crippen molar-refractivity contribution in [2.24, 2.45) is 0 Å². The zero-order valence-electron chi connectivity index (χ0n) is 7.14. The Balaban J connectivity index is 2.64. The third-order valence-corrected chi connectivity index (χ3v) is 1.52. The Morgan fingerprint density at radius 3 is 2.69 bits per heavy atom. The van der Waals surface area contributed by atoms with Gasteiger partial charge in [0.05, 0.1) is 11.4 Å². The second kappa shape index (κ2) is 3.95. The quantitative estimate of drug-likeness (QED) is 0.674. The molecule has 0 fully saturated rings. The van der Waals surface area contributed by atoms with E-state index in [-0.39, 0.29) is 6.42 Å². The predicted molar refractivity (Wildman–Crippen MR) is 44.1 cm³/mol. The summed E-state index contributed by atoms with van der Waals surface area (Å²) in [4.78, 5) is 18.1. The number of hydrogen-bond acceptors (Lipinski definition) is 4. The molecule has 0 amide bonds. The van der Waals surface area contributed by atoms with Crippen molar-refractivity contribution >= 4 is 5.97 Å². The van der Waals surface area contributed by atoms with Crippen LogP contribution in [0.1, 0.15) is 11.4 Å². The van der Waals surface area contributed by atoms with E-state index in [2.05, 4.69) is 9.97 Å². The number of nitrogens with zero attached hydrogens (tertiary/aromatic N) is 2. The van der Waals surface area contributed by atoms with Crippen molar-refractivity contribution in [2.75, 3.05) is 0 Å². The van der Waals surface area contributed by atoms with Crippen LogP contribution in [0.25, 0.3) is 0 Å². The van der Waals surface area contributed by atoms with Gasteiger partial charge in [-0.25, -0.2) is 4.79 Å². The Kier molecular flexibility index (Phi) is 2.92. The number of rotatable bonds is 3. The van der Waals surface area contributed by atoms with Crippen LogP contribution in [-0.4, -0.2) is 32.3 Å². The van der Waals surface area contributed by atoms with E-state index >= 15 is 0 Å². The van der Waals surface area contributed by atoms with Gasteiger partial charge in [0.2, 0.25) is 0 Å². The molecule has 70 valence electrons. The first-order valence-electron chi connectivity index (χ1n) is 3.78. The third-order valence-electron chi connectivity index (χ3n) is 1.52. The number of aromatic nitrogens is 2. The molecule has 1 aromatic rings.